The second-order valence-corrected chi connectivity index (χ2v) is 9.30. The van der Waals surface area contributed by atoms with E-state index in [4.69, 9.17) is 9.97 Å². The van der Waals surface area contributed by atoms with Crippen molar-refractivity contribution in [3.8, 4) is 0 Å². The van der Waals surface area contributed by atoms with Crippen LogP contribution < -0.4 is 10.2 Å². The van der Waals surface area contributed by atoms with Gasteiger partial charge in [-0.15, -0.1) is 0 Å². The third-order valence-corrected chi connectivity index (χ3v) is 6.95. The minimum absolute atomic E-state index is 0.162. The van der Waals surface area contributed by atoms with E-state index in [0.717, 1.165) is 68.3 Å². The van der Waals surface area contributed by atoms with Crippen molar-refractivity contribution in [1.82, 2.24) is 19.9 Å². The SMILES string of the molecule is CC[C@H](C)Nc1ncc2c(N3CC[C@@H](N(C)C)C3)ncc([C@H]3CC[C@H](O)CC3)c2n1. The molecule has 1 aliphatic carbocycles. The Morgan fingerprint density at radius 2 is 1.93 bits per heavy atom. The van der Waals surface area contributed by atoms with Crippen LogP contribution in [0.25, 0.3) is 10.9 Å². The van der Waals surface area contributed by atoms with E-state index in [1.807, 2.05) is 12.4 Å². The van der Waals surface area contributed by atoms with Gasteiger partial charge in [0.1, 0.15) is 5.82 Å². The maximum Gasteiger partial charge on any atom is 0.223 e. The molecule has 0 aromatic carbocycles. The molecule has 7 heteroatoms. The highest BCUT2D eigenvalue weighted by Crippen LogP contribution is 2.38. The van der Waals surface area contributed by atoms with Crippen LogP contribution in [-0.2, 0) is 0 Å². The van der Waals surface area contributed by atoms with Crippen LogP contribution >= 0.6 is 0 Å². The fourth-order valence-electron chi connectivity index (χ4n) is 4.71. The quantitative estimate of drug-likeness (QED) is 0.753. The van der Waals surface area contributed by atoms with E-state index in [9.17, 15) is 5.11 Å². The van der Waals surface area contributed by atoms with Crippen LogP contribution in [0.4, 0.5) is 11.8 Å². The molecule has 1 aliphatic heterocycles. The molecule has 2 atom stereocenters. The summed E-state index contributed by atoms with van der Waals surface area (Å²) in [5, 5.41) is 14.4. The molecule has 0 amide bonds. The van der Waals surface area contributed by atoms with Crippen molar-refractivity contribution in [2.24, 2.45) is 0 Å². The van der Waals surface area contributed by atoms with E-state index in [0.29, 0.717) is 23.9 Å². The van der Waals surface area contributed by atoms with Crippen LogP contribution in [0.5, 0.6) is 0 Å². The van der Waals surface area contributed by atoms with Gasteiger partial charge in [0.05, 0.1) is 17.0 Å². The number of aliphatic hydroxyl groups is 1. The topological polar surface area (TPSA) is 77.4 Å². The Labute approximate surface area is 179 Å². The summed E-state index contributed by atoms with van der Waals surface area (Å²) in [5.74, 6) is 2.10. The Morgan fingerprint density at radius 3 is 2.60 bits per heavy atom. The maximum absolute atomic E-state index is 9.95. The molecule has 7 nitrogen and oxygen atoms in total. The summed E-state index contributed by atoms with van der Waals surface area (Å²) < 4.78 is 0. The number of pyridine rings is 1. The zero-order valence-electron chi connectivity index (χ0n) is 18.8. The second kappa shape index (κ2) is 9.02. The molecule has 2 aromatic heterocycles. The van der Waals surface area contributed by atoms with E-state index in [2.05, 4.69) is 48.0 Å². The average molecular weight is 413 g/mol. The first-order valence-corrected chi connectivity index (χ1v) is 11.5. The van der Waals surface area contributed by atoms with Crippen molar-refractivity contribution >= 4 is 22.7 Å². The van der Waals surface area contributed by atoms with Gasteiger partial charge in [0.25, 0.3) is 0 Å². The van der Waals surface area contributed by atoms with Gasteiger partial charge in [-0.05, 0) is 65.5 Å². The average Bonchev–Trinajstić information content (AvgIpc) is 3.24. The molecule has 0 bridgehead atoms. The van der Waals surface area contributed by atoms with E-state index < -0.39 is 0 Å². The fourth-order valence-corrected chi connectivity index (χ4v) is 4.71. The number of aliphatic hydroxyl groups excluding tert-OH is 1. The molecule has 1 saturated heterocycles. The van der Waals surface area contributed by atoms with Crippen LogP contribution in [0.2, 0.25) is 0 Å². The number of likely N-dealkylation sites (N-methyl/N-ethyl adjacent to an activating group) is 1. The molecule has 30 heavy (non-hydrogen) atoms. The summed E-state index contributed by atoms with van der Waals surface area (Å²) in [7, 11) is 4.30. The van der Waals surface area contributed by atoms with Crippen LogP contribution in [0.1, 0.15) is 63.9 Å². The molecule has 3 heterocycles. The molecular weight excluding hydrogens is 376 g/mol. The Kier molecular flexibility index (Phi) is 6.39. The lowest BCUT2D eigenvalue weighted by atomic mass is 9.82. The number of nitrogens with zero attached hydrogens (tertiary/aromatic N) is 5. The summed E-state index contributed by atoms with van der Waals surface area (Å²) >= 11 is 0. The van der Waals surface area contributed by atoms with Crippen LogP contribution in [0, 0.1) is 0 Å². The molecule has 0 radical (unpaired) electrons. The van der Waals surface area contributed by atoms with Gasteiger partial charge >= 0.3 is 0 Å². The van der Waals surface area contributed by atoms with E-state index in [1.165, 1.54) is 5.56 Å². The number of hydrogen-bond donors (Lipinski definition) is 2. The summed E-state index contributed by atoms with van der Waals surface area (Å²) in [6, 6.07) is 0.880. The van der Waals surface area contributed by atoms with Crippen molar-refractivity contribution < 1.29 is 5.11 Å². The van der Waals surface area contributed by atoms with E-state index in [1.54, 1.807) is 0 Å². The van der Waals surface area contributed by atoms with E-state index >= 15 is 0 Å². The number of nitrogens with one attached hydrogen (secondary N) is 1. The molecule has 0 unspecified atom stereocenters. The van der Waals surface area contributed by atoms with Crippen molar-refractivity contribution in [2.75, 3.05) is 37.4 Å². The Balaban J connectivity index is 1.72. The van der Waals surface area contributed by atoms with Gasteiger partial charge in [-0.1, -0.05) is 6.92 Å². The fraction of sp³-hybridized carbons (Fsp3) is 0.696. The predicted octanol–water partition coefficient (Wildman–Crippen LogP) is 3.39. The number of rotatable bonds is 6. The first-order valence-electron chi connectivity index (χ1n) is 11.5. The minimum atomic E-state index is -0.162. The number of fused-ring (bicyclic) bond motifs is 1. The first-order chi connectivity index (χ1) is 14.5. The smallest absolute Gasteiger partial charge is 0.223 e. The maximum atomic E-state index is 9.95. The van der Waals surface area contributed by atoms with Crippen LogP contribution in [0.15, 0.2) is 12.4 Å². The summed E-state index contributed by atoms with van der Waals surface area (Å²) in [5.41, 5.74) is 2.23. The molecular formula is C23H36N6O. The van der Waals surface area contributed by atoms with Gasteiger partial charge in [0.15, 0.2) is 0 Å². The Bertz CT molecular complexity index is 864. The highest BCUT2D eigenvalue weighted by atomic mass is 16.3. The van der Waals surface area contributed by atoms with Gasteiger partial charge in [-0.2, -0.15) is 0 Å². The summed E-state index contributed by atoms with van der Waals surface area (Å²) in [6.45, 7) is 6.30. The molecule has 0 spiro atoms. The van der Waals surface area contributed by atoms with Gasteiger partial charge < -0.3 is 20.2 Å². The minimum Gasteiger partial charge on any atom is -0.393 e. The lowest BCUT2D eigenvalue weighted by Gasteiger charge is -2.27. The number of anilines is 2. The van der Waals surface area contributed by atoms with Gasteiger partial charge in [0, 0.05) is 43.1 Å². The predicted molar refractivity (Wildman–Crippen MR) is 122 cm³/mol. The highest BCUT2D eigenvalue weighted by Gasteiger charge is 2.29. The monoisotopic (exact) mass is 412 g/mol. The molecule has 2 fully saturated rings. The van der Waals surface area contributed by atoms with Crippen molar-refractivity contribution in [1.29, 1.82) is 0 Å². The second-order valence-electron chi connectivity index (χ2n) is 9.30. The normalized spacial score (nSPS) is 25.8. The van der Waals surface area contributed by atoms with Gasteiger partial charge in [-0.25, -0.2) is 15.0 Å². The van der Waals surface area contributed by atoms with E-state index in [-0.39, 0.29) is 6.10 Å². The summed E-state index contributed by atoms with van der Waals surface area (Å²) in [4.78, 5) is 19.2. The zero-order chi connectivity index (χ0) is 21.3. The van der Waals surface area contributed by atoms with Gasteiger partial charge in [0.2, 0.25) is 5.95 Å². The number of hydrogen-bond acceptors (Lipinski definition) is 7. The van der Waals surface area contributed by atoms with Crippen molar-refractivity contribution in [3.05, 3.63) is 18.0 Å². The first kappa shape index (κ1) is 21.2. The summed E-state index contributed by atoms with van der Waals surface area (Å²) in [6.07, 6.45) is 9.70. The Hall–Kier alpha value is -1.99. The Morgan fingerprint density at radius 1 is 1.17 bits per heavy atom. The molecule has 1 saturated carbocycles. The van der Waals surface area contributed by atoms with Crippen molar-refractivity contribution in [2.45, 2.75) is 76.5 Å². The van der Waals surface area contributed by atoms with Gasteiger partial charge in [-0.3, -0.25) is 0 Å². The molecule has 2 N–H and O–H groups in total. The zero-order valence-corrected chi connectivity index (χ0v) is 18.8. The molecule has 2 aliphatic rings. The lowest BCUT2D eigenvalue weighted by molar-refractivity contribution is 0.122. The highest BCUT2D eigenvalue weighted by molar-refractivity contribution is 5.92. The third-order valence-electron chi connectivity index (χ3n) is 6.95. The largest absolute Gasteiger partial charge is 0.393 e. The van der Waals surface area contributed by atoms with Crippen LogP contribution in [-0.4, -0.2) is 70.3 Å². The van der Waals surface area contributed by atoms with Crippen LogP contribution in [0.3, 0.4) is 0 Å². The standard InChI is InChI=1S/C23H36N6O/c1-5-15(2)26-23-25-13-20-21(27-23)19(16-6-8-18(30)9-7-16)12-24-22(20)29-11-10-17(14-29)28(3)4/h12-13,15-18,30H,5-11,14H2,1-4H3,(H,25,26,27)/t15-,16-,17+,18-/m0/s1. The molecule has 164 valence electrons. The number of aromatic nitrogens is 3. The molecule has 2 aromatic rings. The van der Waals surface area contributed by atoms with Crippen molar-refractivity contribution in [3.63, 3.8) is 0 Å². The molecule has 4 rings (SSSR count). The third kappa shape index (κ3) is 4.37. The lowest BCUT2D eigenvalue weighted by Crippen LogP contribution is -2.31.